The van der Waals surface area contributed by atoms with Gasteiger partial charge >= 0.3 is 0 Å². The smallest absolute Gasteiger partial charge is 0.294 e. The van der Waals surface area contributed by atoms with Crippen molar-refractivity contribution in [2.75, 3.05) is 91.9 Å². The lowest BCUT2D eigenvalue weighted by molar-refractivity contribution is -0.759. The molecule has 4 aliphatic rings. The van der Waals surface area contributed by atoms with Crippen molar-refractivity contribution in [1.82, 2.24) is 57.9 Å². The van der Waals surface area contributed by atoms with Gasteiger partial charge in [0, 0.05) is 98.0 Å². The number of aliphatic hydroxyl groups excluding tert-OH is 1. The van der Waals surface area contributed by atoms with Gasteiger partial charge in [-0.3, -0.25) is 19.0 Å². The summed E-state index contributed by atoms with van der Waals surface area (Å²) in [5.74, 6) is 2.25. The molecule has 0 unspecified atom stereocenters. The van der Waals surface area contributed by atoms with Crippen LogP contribution in [0.15, 0.2) is 55.8 Å². The van der Waals surface area contributed by atoms with Crippen LogP contribution in [0.4, 0.5) is 0 Å². The molecule has 0 bridgehead atoms. The Morgan fingerprint density at radius 1 is 0.649 bits per heavy atom. The number of hydrogen-bond acceptors (Lipinski definition) is 18. The van der Waals surface area contributed by atoms with Crippen LogP contribution in [0.2, 0.25) is 0 Å². The van der Waals surface area contributed by atoms with Crippen molar-refractivity contribution in [2.45, 2.75) is 63.2 Å². The van der Waals surface area contributed by atoms with Crippen LogP contribution in [0, 0.1) is 33.8 Å². The molecule has 77 heavy (non-hydrogen) atoms. The van der Waals surface area contributed by atoms with Gasteiger partial charge in [-0.25, -0.2) is 26.8 Å². The number of aromatic nitrogens is 8. The number of aryl methyl sites for hydroxylation is 4. The number of aliphatic hydroxyl groups is 1. The number of fused-ring (bicyclic) bond motifs is 2. The Balaban J connectivity index is 0.000000188. The van der Waals surface area contributed by atoms with Crippen LogP contribution in [-0.4, -0.2) is 177 Å². The Hall–Kier alpha value is -6.36. The predicted octanol–water partition coefficient (Wildman–Crippen LogP) is 2.65. The molecular weight excluding hydrogens is 1040 g/mol. The molecule has 0 atom stereocenters. The zero-order chi connectivity index (χ0) is 54.9. The zero-order valence-corrected chi connectivity index (χ0v) is 45.8. The van der Waals surface area contributed by atoms with Gasteiger partial charge in [0.25, 0.3) is 16.2 Å². The van der Waals surface area contributed by atoms with Crippen LogP contribution in [0.3, 0.4) is 0 Å². The highest BCUT2D eigenvalue weighted by molar-refractivity contribution is 7.89. The minimum atomic E-state index is -3.79. The Morgan fingerprint density at radius 3 is 1.44 bits per heavy atom. The minimum absolute atomic E-state index is 0.0858. The first-order chi connectivity index (χ1) is 36.8. The summed E-state index contributed by atoms with van der Waals surface area (Å²) < 4.78 is 71.4. The first-order valence-electron chi connectivity index (χ1n) is 26.1. The molecule has 4 fully saturated rings. The summed E-state index contributed by atoms with van der Waals surface area (Å²) in [6, 6.07) is 9.31. The third kappa shape index (κ3) is 11.5. The molecule has 10 rings (SSSR count). The highest BCUT2D eigenvalue weighted by atomic mass is 32.2. The van der Waals surface area contributed by atoms with Gasteiger partial charge in [0.05, 0.1) is 45.5 Å². The van der Waals surface area contributed by atoms with E-state index in [1.54, 1.807) is 32.3 Å². The molecule has 25 nitrogen and oxygen atoms in total. The van der Waals surface area contributed by atoms with E-state index in [4.69, 9.17) is 19.4 Å². The summed E-state index contributed by atoms with van der Waals surface area (Å²) in [7, 11) is -4.10. The fourth-order valence-electron chi connectivity index (χ4n) is 10.6. The van der Waals surface area contributed by atoms with Gasteiger partial charge < -0.3 is 39.2 Å². The van der Waals surface area contributed by atoms with Crippen LogP contribution in [0.25, 0.3) is 44.8 Å². The predicted molar refractivity (Wildman–Crippen MR) is 284 cm³/mol. The number of sulfonamides is 2. The lowest BCUT2D eigenvalue weighted by atomic mass is 9.96. The lowest BCUT2D eigenvalue weighted by Crippen LogP contribution is -2.58. The fourth-order valence-corrected chi connectivity index (χ4v) is 13.8. The standard InChI is InChI=1S/C25H33N7O7S.C25H34N6O5S/c1-4-6-20-22-23(29(3)28-20)25(33)27-24(26-22)19-9-18(7-8-21(19)38-5-2)40(36,37)31-13-16(14-31)10-30-11-17(12-30)15-39-32(34)35;1-4-6-20-22-23(29(3)28-20)25(33)27-24(26-22)19-9-18(7-8-21(19)36-5-2)37(34,35)31-13-16(14-31)10-30-11-17(12-30)15-32/h7-9,16-17H,4-6,10-15H2,1-3H3,(H,26,27,33);7-9,16-17,32H,4-6,10-15H2,1-3H3,(H,26,27,33). The van der Waals surface area contributed by atoms with E-state index >= 15 is 0 Å². The molecule has 0 spiro atoms. The van der Waals surface area contributed by atoms with E-state index in [9.17, 15) is 41.6 Å². The van der Waals surface area contributed by atoms with E-state index in [1.807, 2.05) is 27.7 Å². The summed E-state index contributed by atoms with van der Waals surface area (Å²) in [6.45, 7) is 15.1. The maximum absolute atomic E-state index is 13.5. The number of nitrogens with one attached hydrogen (secondary N) is 2. The van der Waals surface area contributed by atoms with Gasteiger partial charge in [0.15, 0.2) is 11.0 Å². The van der Waals surface area contributed by atoms with Crippen molar-refractivity contribution >= 4 is 42.1 Å². The SMILES string of the molecule is CCCc1nn(C)c2c(=O)[nH]c(-c3cc(S(=O)(=O)N4CC(CN5CC(CO)C5)C4)ccc3OCC)nc12.CCCc1nn(C)c2c(=O)[nH]c(-c3cc(S(=O)(=O)N4CC(CN5CC(CO[N+](=O)[O-])C5)C4)ccc3OCC)nc12. The van der Waals surface area contributed by atoms with E-state index < -0.39 is 25.1 Å². The van der Waals surface area contributed by atoms with Gasteiger partial charge in [-0.15, -0.1) is 10.1 Å². The first-order valence-corrected chi connectivity index (χ1v) is 29.0. The summed E-state index contributed by atoms with van der Waals surface area (Å²) in [5, 5.41) is 27.7. The number of likely N-dealkylation sites (tertiary alicyclic amines) is 2. The highest BCUT2D eigenvalue weighted by Crippen LogP contribution is 2.36. The van der Waals surface area contributed by atoms with E-state index in [1.165, 1.54) is 36.2 Å². The molecule has 0 saturated carbocycles. The van der Waals surface area contributed by atoms with Gasteiger partial charge in [0.2, 0.25) is 20.0 Å². The topological polar surface area (TPSA) is 299 Å². The molecule has 4 saturated heterocycles. The molecule has 0 amide bonds. The van der Waals surface area contributed by atoms with Crippen molar-refractivity contribution in [1.29, 1.82) is 0 Å². The third-order valence-corrected chi connectivity index (χ3v) is 18.1. The fraction of sp³-hybridized carbons (Fsp3) is 0.560. The average Bonchev–Trinajstić information content (AvgIpc) is 3.84. The number of hydrogen-bond donors (Lipinski definition) is 3. The molecule has 416 valence electrons. The quantitative estimate of drug-likeness (QED) is 0.0650. The van der Waals surface area contributed by atoms with Crippen LogP contribution < -0.4 is 20.6 Å². The molecule has 6 aromatic rings. The van der Waals surface area contributed by atoms with Crippen LogP contribution in [0.1, 0.15) is 51.9 Å². The van der Waals surface area contributed by atoms with E-state index in [0.717, 1.165) is 44.7 Å². The Bertz CT molecular complexity index is 3490. The van der Waals surface area contributed by atoms with Crippen molar-refractivity contribution in [3.8, 4) is 34.3 Å². The van der Waals surface area contributed by atoms with Crippen molar-refractivity contribution < 1.29 is 41.3 Å². The number of H-pyrrole nitrogens is 2. The van der Waals surface area contributed by atoms with Gasteiger partial charge in [0.1, 0.15) is 40.8 Å². The van der Waals surface area contributed by atoms with Crippen molar-refractivity contribution in [3.63, 3.8) is 0 Å². The second-order valence-electron chi connectivity index (χ2n) is 20.3. The van der Waals surface area contributed by atoms with E-state index in [-0.39, 0.29) is 63.5 Å². The van der Waals surface area contributed by atoms with Crippen LogP contribution >= 0.6 is 0 Å². The van der Waals surface area contributed by atoms with Gasteiger partial charge in [-0.2, -0.15) is 18.8 Å². The minimum Gasteiger partial charge on any atom is -0.493 e. The molecule has 27 heteroatoms. The largest absolute Gasteiger partial charge is 0.493 e. The highest BCUT2D eigenvalue weighted by Gasteiger charge is 2.41. The molecule has 4 aromatic heterocycles. The second-order valence-corrected chi connectivity index (χ2v) is 24.2. The summed E-state index contributed by atoms with van der Waals surface area (Å²) in [4.78, 5) is 60.4. The second kappa shape index (κ2) is 22.9. The maximum Gasteiger partial charge on any atom is 0.294 e. The van der Waals surface area contributed by atoms with Crippen LogP contribution in [-0.2, 0) is 51.8 Å². The summed E-state index contributed by atoms with van der Waals surface area (Å²) in [5.41, 5.74) is 3.28. The van der Waals surface area contributed by atoms with E-state index in [2.05, 4.69) is 34.8 Å². The maximum atomic E-state index is 13.5. The summed E-state index contributed by atoms with van der Waals surface area (Å²) >= 11 is 0. The first kappa shape index (κ1) is 55.4. The Morgan fingerprint density at radius 2 is 1.06 bits per heavy atom. The van der Waals surface area contributed by atoms with Crippen molar-refractivity contribution in [2.24, 2.45) is 37.8 Å². The number of rotatable bonds is 22. The van der Waals surface area contributed by atoms with Crippen LogP contribution in [0.5, 0.6) is 11.5 Å². The van der Waals surface area contributed by atoms with Crippen molar-refractivity contribution in [3.05, 3.63) is 78.6 Å². The van der Waals surface area contributed by atoms with Gasteiger partial charge in [-0.1, -0.05) is 26.7 Å². The number of nitrogens with zero attached hydrogens (tertiary/aromatic N) is 11. The van der Waals surface area contributed by atoms with E-state index in [0.29, 0.717) is 122 Å². The number of aromatic amines is 2. The number of ether oxygens (including phenoxy) is 2. The Kier molecular flexibility index (Phi) is 16.5. The van der Waals surface area contributed by atoms with Gasteiger partial charge in [-0.05, 0) is 74.9 Å². The lowest BCUT2D eigenvalue weighted by Gasteiger charge is -2.45. The Labute approximate surface area is 445 Å². The molecule has 0 aliphatic carbocycles. The monoisotopic (exact) mass is 1110 g/mol. The average molecular weight is 1110 g/mol. The zero-order valence-electron chi connectivity index (χ0n) is 44.2. The summed E-state index contributed by atoms with van der Waals surface area (Å²) in [6.07, 6.45) is 3.01. The molecule has 2 aromatic carbocycles. The molecular formula is C50H67N13O12S2. The molecule has 0 radical (unpaired) electrons. The third-order valence-electron chi connectivity index (χ3n) is 14.4. The molecule has 4 aliphatic heterocycles. The molecule has 3 N–H and O–H groups in total. The number of benzene rings is 2. The normalized spacial score (nSPS) is 17.4. The molecule has 8 heterocycles.